The molecule has 1 aromatic rings. The predicted octanol–water partition coefficient (Wildman–Crippen LogP) is 4.53. The number of carbonyl (C=O) groups is 1. The summed E-state index contributed by atoms with van der Waals surface area (Å²) in [5, 5.41) is 3.33. The number of alkyl halides is 2. The van der Waals surface area contributed by atoms with Crippen LogP contribution in [0.4, 0.5) is 0 Å². The molecule has 0 spiro atoms. The van der Waals surface area contributed by atoms with Crippen LogP contribution in [0.1, 0.15) is 50.0 Å². The molecular weight excluding hydrogens is 321 g/mol. The largest absolute Gasteiger partial charge is 0.497 e. The topological polar surface area (TPSA) is 38.3 Å². The summed E-state index contributed by atoms with van der Waals surface area (Å²) in [6.07, 6.45) is 0.230. The summed E-state index contributed by atoms with van der Waals surface area (Å²) >= 11 is 12.5. The van der Waals surface area contributed by atoms with E-state index in [-0.39, 0.29) is 23.8 Å². The Morgan fingerprint density at radius 3 is 2.27 bits per heavy atom. The zero-order valence-corrected chi connectivity index (χ0v) is 15.6. The molecule has 1 aromatic carbocycles. The first-order chi connectivity index (χ1) is 9.94. The second-order valence-electron chi connectivity index (χ2n) is 6.71. The van der Waals surface area contributed by atoms with Crippen LogP contribution in [0.2, 0.25) is 0 Å². The summed E-state index contributed by atoms with van der Waals surface area (Å²) in [7, 11) is 1.60. The number of halogens is 2. The van der Waals surface area contributed by atoms with Crippen LogP contribution in [0.25, 0.3) is 0 Å². The highest BCUT2D eigenvalue weighted by atomic mass is 35.5. The maximum absolute atomic E-state index is 12.6. The van der Waals surface area contributed by atoms with Crippen molar-refractivity contribution in [2.75, 3.05) is 7.11 Å². The van der Waals surface area contributed by atoms with Crippen molar-refractivity contribution in [3.05, 3.63) is 29.3 Å². The van der Waals surface area contributed by atoms with Crippen molar-refractivity contribution in [3.63, 3.8) is 0 Å². The van der Waals surface area contributed by atoms with E-state index in [1.165, 1.54) is 0 Å². The van der Waals surface area contributed by atoms with Crippen molar-refractivity contribution < 1.29 is 9.53 Å². The van der Waals surface area contributed by atoms with Crippen LogP contribution in [0, 0.1) is 6.92 Å². The van der Waals surface area contributed by atoms with Crippen molar-refractivity contribution in [1.82, 2.24) is 5.32 Å². The highest BCUT2D eigenvalue weighted by molar-refractivity contribution is 6.48. The minimum Gasteiger partial charge on any atom is -0.497 e. The maximum Gasteiger partial charge on any atom is 0.164 e. The Bertz CT molecular complexity index is 530. The number of rotatable bonds is 6. The SMILES string of the molecule is COc1ccc(C(=O)CC(NC(C)(C)C)C(C)(Cl)Cl)c(C)c1. The second kappa shape index (κ2) is 7.20. The fraction of sp³-hybridized carbons (Fsp3) is 0.588. The van der Waals surface area contributed by atoms with Crippen molar-refractivity contribution >= 4 is 29.0 Å². The third-order valence-electron chi connectivity index (χ3n) is 3.34. The molecular formula is C17H25Cl2NO2. The molecule has 0 radical (unpaired) electrons. The zero-order chi connectivity index (χ0) is 17.1. The number of benzene rings is 1. The fourth-order valence-corrected chi connectivity index (χ4v) is 2.51. The third-order valence-corrected chi connectivity index (χ3v) is 3.87. The number of hydrogen-bond acceptors (Lipinski definition) is 3. The second-order valence-corrected chi connectivity index (χ2v) is 8.48. The molecule has 0 saturated heterocycles. The van der Waals surface area contributed by atoms with E-state index in [2.05, 4.69) is 5.32 Å². The molecule has 0 aliphatic rings. The van der Waals surface area contributed by atoms with E-state index >= 15 is 0 Å². The first-order valence-electron chi connectivity index (χ1n) is 7.27. The number of Topliss-reactive ketones (excluding diaryl/α,β-unsaturated/α-hetero) is 1. The van der Waals surface area contributed by atoms with E-state index in [1.807, 2.05) is 33.8 Å². The number of ether oxygens (including phenoxy) is 1. The first kappa shape index (κ1) is 19.3. The molecule has 0 aliphatic carbocycles. The van der Waals surface area contributed by atoms with Gasteiger partial charge in [0.2, 0.25) is 0 Å². The molecule has 5 heteroatoms. The maximum atomic E-state index is 12.6. The van der Waals surface area contributed by atoms with Gasteiger partial charge in [-0.2, -0.15) is 0 Å². The van der Waals surface area contributed by atoms with Crippen LogP contribution in [0.3, 0.4) is 0 Å². The summed E-state index contributed by atoms with van der Waals surface area (Å²) < 4.78 is 4.13. The van der Waals surface area contributed by atoms with Gasteiger partial charge in [0, 0.05) is 23.6 Å². The molecule has 0 aliphatic heterocycles. The zero-order valence-electron chi connectivity index (χ0n) is 14.1. The highest BCUT2D eigenvalue weighted by Gasteiger charge is 2.34. The highest BCUT2D eigenvalue weighted by Crippen LogP contribution is 2.29. The van der Waals surface area contributed by atoms with Gasteiger partial charge in [-0.1, -0.05) is 0 Å². The molecule has 1 rings (SSSR count). The molecule has 124 valence electrons. The van der Waals surface area contributed by atoms with Gasteiger partial charge in [0.1, 0.15) is 10.1 Å². The van der Waals surface area contributed by atoms with Crippen LogP contribution < -0.4 is 10.1 Å². The molecule has 0 bridgehead atoms. The summed E-state index contributed by atoms with van der Waals surface area (Å²) in [4.78, 5) is 12.6. The van der Waals surface area contributed by atoms with Gasteiger partial charge in [0.15, 0.2) is 5.78 Å². The van der Waals surface area contributed by atoms with Crippen molar-refractivity contribution in [3.8, 4) is 5.75 Å². The predicted molar refractivity (Wildman–Crippen MR) is 93.5 cm³/mol. The smallest absolute Gasteiger partial charge is 0.164 e. The number of carbonyl (C=O) groups excluding carboxylic acids is 1. The lowest BCUT2D eigenvalue weighted by atomic mass is 9.96. The quantitative estimate of drug-likeness (QED) is 0.608. The summed E-state index contributed by atoms with van der Waals surface area (Å²) in [5.41, 5.74) is 1.36. The molecule has 1 N–H and O–H groups in total. The molecule has 1 unspecified atom stereocenters. The Kier molecular flexibility index (Phi) is 6.31. The Morgan fingerprint density at radius 2 is 1.86 bits per heavy atom. The van der Waals surface area contributed by atoms with Gasteiger partial charge in [-0.15, -0.1) is 23.2 Å². The van der Waals surface area contributed by atoms with Gasteiger partial charge in [0.25, 0.3) is 0 Å². The van der Waals surface area contributed by atoms with Gasteiger partial charge in [-0.25, -0.2) is 0 Å². The van der Waals surface area contributed by atoms with Gasteiger partial charge in [0.05, 0.1) is 7.11 Å². The van der Waals surface area contributed by atoms with Crippen LogP contribution in [0.5, 0.6) is 5.75 Å². The van der Waals surface area contributed by atoms with Gasteiger partial charge in [-0.05, 0) is 58.4 Å². The molecule has 0 amide bonds. The number of nitrogens with one attached hydrogen (secondary N) is 1. The van der Waals surface area contributed by atoms with E-state index < -0.39 is 4.33 Å². The summed E-state index contributed by atoms with van der Waals surface area (Å²) in [6, 6.07) is 5.07. The average molecular weight is 346 g/mol. The molecule has 0 fully saturated rings. The van der Waals surface area contributed by atoms with E-state index in [0.717, 1.165) is 11.3 Å². The molecule has 1 atom stereocenters. The van der Waals surface area contributed by atoms with Crippen molar-refractivity contribution in [2.24, 2.45) is 0 Å². The molecule has 0 aromatic heterocycles. The van der Waals surface area contributed by atoms with Crippen LogP contribution in [-0.2, 0) is 0 Å². The lowest BCUT2D eigenvalue weighted by Gasteiger charge is -2.34. The average Bonchev–Trinajstić information content (AvgIpc) is 2.34. The van der Waals surface area contributed by atoms with E-state index in [0.29, 0.717) is 5.56 Å². The van der Waals surface area contributed by atoms with Crippen molar-refractivity contribution in [2.45, 2.75) is 57.0 Å². The molecule has 0 saturated carbocycles. The lowest BCUT2D eigenvalue weighted by molar-refractivity contribution is 0.0960. The van der Waals surface area contributed by atoms with Crippen LogP contribution in [0.15, 0.2) is 18.2 Å². The lowest BCUT2D eigenvalue weighted by Crippen LogP contribution is -2.51. The van der Waals surface area contributed by atoms with Crippen LogP contribution in [-0.4, -0.2) is 28.8 Å². The molecule has 0 heterocycles. The Morgan fingerprint density at radius 1 is 1.27 bits per heavy atom. The third kappa shape index (κ3) is 5.79. The number of methoxy groups -OCH3 is 1. The summed E-state index contributed by atoms with van der Waals surface area (Å²) in [5.74, 6) is 0.743. The minimum absolute atomic E-state index is 0.00873. The van der Waals surface area contributed by atoms with Crippen molar-refractivity contribution in [1.29, 1.82) is 0 Å². The number of aryl methyl sites for hydroxylation is 1. The van der Waals surface area contributed by atoms with E-state index in [4.69, 9.17) is 27.9 Å². The monoisotopic (exact) mass is 345 g/mol. The van der Waals surface area contributed by atoms with Gasteiger partial charge in [-0.3, -0.25) is 4.79 Å². The number of hydrogen-bond donors (Lipinski definition) is 1. The van der Waals surface area contributed by atoms with Gasteiger partial charge >= 0.3 is 0 Å². The Balaban J connectivity index is 2.96. The Labute approximate surface area is 143 Å². The number of ketones is 1. The first-order valence-corrected chi connectivity index (χ1v) is 8.03. The van der Waals surface area contributed by atoms with E-state index in [9.17, 15) is 4.79 Å². The van der Waals surface area contributed by atoms with Crippen LogP contribution >= 0.6 is 23.2 Å². The fourth-order valence-electron chi connectivity index (χ4n) is 2.25. The molecule has 22 heavy (non-hydrogen) atoms. The molecule has 3 nitrogen and oxygen atoms in total. The van der Waals surface area contributed by atoms with E-state index in [1.54, 1.807) is 26.2 Å². The standard InChI is InChI=1S/C17H25Cl2NO2/c1-11-9-12(22-6)7-8-13(11)14(21)10-15(17(5,18)19)20-16(2,3)4/h7-9,15,20H,10H2,1-6H3. The summed E-state index contributed by atoms with van der Waals surface area (Å²) in [6.45, 7) is 9.64. The minimum atomic E-state index is -1.04. The van der Waals surface area contributed by atoms with Gasteiger partial charge < -0.3 is 10.1 Å². The Hall–Kier alpha value is -0.770. The normalized spacial score (nSPS) is 13.8.